The molecule has 1 saturated carbocycles. The first-order valence-electron chi connectivity index (χ1n) is 8.84. The number of hydrogen-bond donors (Lipinski definition) is 1. The minimum Gasteiger partial charge on any atom is -0.382 e. The number of rotatable bonds is 7. The van der Waals surface area contributed by atoms with Gasteiger partial charge in [0, 0.05) is 18.3 Å². The standard InChI is InChI=1S/C19H32N2/c1-4-17-11-7-8-13-19(17)20-18-12-9-10-16(14-18)15-21(5-2)6-3/h9-10,12,14,17,19-20H,4-8,11,13,15H2,1-3H3. The number of nitrogens with zero attached hydrogens (tertiary/aromatic N) is 1. The molecule has 0 aromatic heterocycles. The normalized spacial score (nSPS) is 22.5. The minimum absolute atomic E-state index is 0.674. The van der Waals surface area contributed by atoms with Crippen molar-refractivity contribution in [2.45, 2.75) is 65.5 Å². The van der Waals surface area contributed by atoms with Gasteiger partial charge in [0.1, 0.15) is 0 Å². The lowest BCUT2D eigenvalue weighted by Crippen LogP contribution is -2.31. The predicted octanol–water partition coefficient (Wildman–Crippen LogP) is 4.91. The van der Waals surface area contributed by atoms with Crippen LogP contribution >= 0.6 is 0 Å². The van der Waals surface area contributed by atoms with Gasteiger partial charge in [-0.05, 0) is 49.5 Å². The summed E-state index contributed by atoms with van der Waals surface area (Å²) in [6.45, 7) is 10.1. The van der Waals surface area contributed by atoms with Gasteiger partial charge in [0.2, 0.25) is 0 Å². The van der Waals surface area contributed by atoms with Crippen LogP contribution in [-0.2, 0) is 6.54 Å². The van der Waals surface area contributed by atoms with Gasteiger partial charge in [-0.2, -0.15) is 0 Å². The fourth-order valence-electron chi connectivity index (χ4n) is 3.57. The lowest BCUT2D eigenvalue weighted by molar-refractivity contribution is 0.296. The smallest absolute Gasteiger partial charge is 0.0345 e. The molecule has 0 radical (unpaired) electrons. The Morgan fingerprint density at radius 3 is 2.57 bits per heavy atom. The summed E-state index contributed by atoms with van der Waals surface area (Å²) in [4.78, 5) is 2.47. The molecule has 1 aromatic rings. The number of hydrogen-bond acceptors (Lipinski definition) is 2. The van der Waals surface area contributed by atoms with E-state index in [-0.39, 0.29) is 0 Å². The quantitative estimate of drug-likeness (QED) is 0.767. The molecule has 1 aliphatic rings. The average Bonchev–Trinajstić information content (AvgIpc) is 2.53. The molecule has 0 saturated heterocycles. The number of benzene rings is 1. The number of nitrogens with one attached hydrogen (secondary N) is 1. The van der Waals surface area contributed by atoms with E-state index in [1.165, 1.54) is 43.4 Å². The van der Waals surface area contributed by atoms with Crippen LogP contribution in [0.2, 0.25) is 0 Å². The van der Waals surface area contributed by atoms with Crippen molar-refractivity contribution in [3.8, 4) is 0 Å². The maximum atomic E-state index is 3.81. The van der Waals surface area contributed by atoms with Gasteiger partial charge in [-0.1, -0.05) is 52.2 Å². The summed E-state index contributed by atoms with van der Waals surface area (Å²) in [5.41, 5.74) is 2.73. The zero-order valence-corrected chi connectivity index (χ0v) is 14.1. The van der Waals surface area contributed by atoms with Crippen LogP contribution in [0.5, 0.6) is 0 Å². The molecule has 2 rings (SSSR count). The van der Waals surface area contributed by atoms with Crippen molar-refractivity contribution in [3.05, 3.63) is 29.8 Å². The first-order valence-corrected chi connectivity index (χ1v) is 8.84. The van der Waals surface area contributed by atoms with Gasteiger partial charge in [-0.25, -0.2) is 0 Å². The maximum absolute atomic E-state index is 3.81. The fraction of sp³-hybridized carbons (Fsp3) is 0.684. The topological polar surface area (TPSA) is 15.3 Å². The van der Waals surface area contributed by atoms with Gasteiger partial charge in [-0.3, -0.25) is 4.90 Å². The van der Waals surface area contributed by atoms with Crippen molar-refractivity contribution in [1.82, 2.24) is 4.90 Å². The van der Waals surface area contributed by atoms with Crippen molar-refractivity contribution >= 4 is 5.69 Å². The van der Waals surface area contributed by atoms with E-state index < -0.39 is 0 Å². The zero-order valence-electron chi connectivity index (χ0n) is 14.1. The third-order valence-electron chi connectivity index (χ3n) is 5.01. The van der Waals surface area contributed by atoms with E-state index in [9.17, 15) is 0 Å². The van der Waals surface area contributed by atoms with E-state index >= 15 is 0 Å². The molecule has 1 aromatic carbocycles. The summed E-state index contributed by atoms with van der Waals surface area (Å²) >= 11 is 0. The Hall–Kier alpha value is -1.02. The highest BCUT2D eigenvalue weighted by Gasteiger charge is 2.23. The van der Waals surface area contributed by atoms with Gasteiger partial charge in [-0.15, -0.1) is 0 Å². The largest absolute Gasteiger partial charge is 0.382 e. The highest BCUT2D eigenvalue weighted by Crippen LogP contribution is 2.29. The molecular weight excluding hydrogens is 256 g/mol. The van der Waals surface area contributed by atoms with E-state index in [0.717, 1.165) is 25.6 Å². The molecule has 0 spiro atoms. The summed E-state index contributed by atoms with van der Waals surface area (Å²) < 4.78 is 0. The molecule has 2 unspecified atom stereocenters. The van der Waals surface area contributed by atoms with Gasteiger partial charge >= 0.3 is 0 Å². The van der Waals surface area contributed by atoms with Crippen LogP contribution in [0, 0.1) is 5.92 Å². The summed E-state index contributed by atoms with van der Waals surface area (Å²) in [6, 6.07) is 9.70. The van der Waals surface area contributed by atoms with Gasteiger partial charge in [0.15, 0.2) is 0 Å². The van der Waals surface area contributed by atoms with E-state index in [1.807, 2.05) is 0 Å². The van der Waals surface area contributed by atoms with Crippen molar-refractivity contribution < 1.29 is 0 Å². The van der Waals surface area contributed by atoms with Crippen molar-refractivity contribution in [1.29, 1.82) is 0 Å². The highest BCUT2D eigenvalue weighted by molar-refractivity contribution is 5.46. The van der Waals surface area contributed by atoms with Crippen molar-refractivity contribution in [3.63, 3.8) is 0 Å². The minimum atomic E-state index is 0.674. The average molecular weight is 288 g/mol. The monoisotopic (exact) mass is 288 g/mol. The molecule has 0 aliphatic heterocycles. The van der Waals surface area contributed by atoms with E-state index in [1.54, 1.807) is 0 Å². The highest BCUT2D eigenvalue weighted by atomic mass is 15.1. The second-order valence-corrected chi connectivity index (χ2v) is 6.37. The first kappa shape index (κ1) is 16.4. The maximum Gasteiger partial charge on any atom is 0.0345 e. The second-order valence-electron chi connectivity index (χ2n) is 6.37. The molecule has 1 N–H and O–H groups in total. The Kier molecular flexibility index (Phi) is 6.56. The van der Waals surface area contributed by atoms with E-state index in [2.05, 4.69) is 55.3 Å². The van der Waals surface area contributed by atoms with Crippen molar-refractivity contribution in [2.75, 3.05) is 18.4 Å². The van der Waals surface area contributed by atoms with Crippen LogP contribution in [0.1, 0.15) is 58.4 Å². The Bertz CT molecular complexity index is 412. The van der Waals surface area contributed by atoms with Crippen molar-refractivity contribution in [2.24, 2.45) is 5.92 Å². The summed E-state index contributed by atoms with van der Waals surface area (Å²) in [5, 5.41) is 3.81. The Labute approximate surface area is 130 Å². The van der Waals surface area contributed by atoms with Crippen LogP contribution < -0.4 is 5.32 Å². The second kappa shape index (κ2) is 8.43. The third kappa shape index (κ3) is 4.74. The predicted molar refractivity (Wildman–Crippen MR) is 92.7 cm³/mol. The molecule has 21 heavy (non-hydrogen) atoms. The van der Waals surface area contributed by atoms with E-state index in [4.69, 9.17) is 0 Å². The van der Waals surface area contributed by atoms with Gasteiger partial charge in [0.05, 0.1) is 0 Å². The van der Waals surface area contributed by atoms with E-state index in [0.29, 0.717) is 6.04 Å². The van der Waals surface area contributed by atoms with Gasteiger partial charge in [0.25, 0.3) is 0 Å². The van der Waals surface area contributed by atoms with Gasteiger partial charge < -0.3 is 5.32 Å². The van der Waals surface area contributed by atoms with Crippen LogP contribution in [0.25, 0.3) is 0 Å². The van der Waals surface area contributed by atoms with Crippen LogP contribution in [0.15, 0.2) is 24.3 Å². The SMILES string of the molecule is CCC1CCCCC1Nc1cccc(CN(CC)CC)c1. The molecule has 1 fully saturated rings. The fourth-order valence-corrected chi connectivity index (χ4v) is 3.57. The molecule has 1 aliphatic carbocycles. The third-order valence-corrected chi connectivity index (χ3v) is 5.01. The molecule has 0 heterocycles. The lowest BCUT2D eigenvalue weighted by atomic mass is 9.83. The first-order chi connectivity index (χ1) is 10.3. The number of anilines is 1. The molecule has 0 amide bonds. The lowest BCUT2D eigenvalue weighted by Gasteiger charge is -2.32. The summed E-state index contributed by atoms with van der Waals surface area (Å²) in [7, 11) is 0. The molecule has 2 heteroatoms. The van der Waals surface area contributed by atoms with Crippen LogP contribution in [0.3, 0.4) is 0 Å². The van der Waals surface area contributed by atoms with Crippen LogP contribution in [0.4, 0.5) is 5.69 Å². The molecule has 118 valence electrons. The Morgan fingerprint density at radius 2 is 1.86 bits per heavy atom. The van der Waals surface area contributed by atoms with Crippen LogP contribution in [-0.4, -0.2) is 24.0 Å². The molecule has 0 bridgehead atoms. The Balaban J connectivity index is 1.99. The molecule has 2 nitrogen and oxygen atoms in total. The molecular formula is C19H32N2. The Morgan fingerprint density at radius 1 is 1.10 bits per heavy atom. The summed E-state index contributed by atoms with van der Waals surface area (Å²) in [5.74, 6) is 0.852. The molecule has 2 atom stereocenters. The zero-order chi connectivity index (χ0) is 15.1. The summed E-state index contributed by atoms with van der Waals surface area (Å²) in [6.07, 6.45) is 6.83.